The van der Waals surface area contributed by atoms with Crippen LogP contribution in [0, 0.1) is 23.7 Å². The molecule has 172 valence electrons. The van der Waals surface area contributed by atoms with Gasteiger partial charge in [-0.15, -0.1) is 0 Å². The van der Waals surface area contributed by atoms with Gasteiger partial charge in [0.05, 0.1) is 5.92 Å². The van der Waals surface area contributed by atoms with E-state index < -0.39 is 8.07 Å². The van der Waals surface area contributed by atoms with Crippen LogP contribution in [0.1, 0.15) is 51.2 Å². The van der Waals surface area contributed by atoms with Crippen molar-refractivity contribution < 1.29 is 9.53 Å². The SMILES string of the molecule is CC(C)[C@@H]1CC[C@@H](C)C[C@@H]1OC(=O)[C@@H]1[C@H]([Si](C)(C)C)C1(c1ccccc1)c1ccccc1. The Hall–Kier alpha value is -1.87. The van der Waals surface area contributed by atoms with Gasteiger partial charge in [-0.1, -0.05) is 107 Å². The molecule has 0 N–H and O–H groups in total. The van der Waals surface area contributed by atoms with Crippen LogP contribution in [0.4, 0.5) is 0 Å². The molecule has 2 nitrogen and oxygen atoms in total. The lowest BCUT2D eigenvalue weighted by molar-refractivity contribution is -0.158. The summed E-state index contributed by atoms with van der Waals surface area (Å²) in [4.78, 5) is 14.0. The van der Waals surface area contributed by atoms with E-state index in [2.05, 4.69) is 101 Å². The standard InChI is InChI=1S/C29H40O2Si/c1-20(2)24-18-17-21(3)19-25(24)31-28(30)26-27(32(4,5)6)29(26,22-13-9-7-10-14-22)23-15-11-8-12-16-23/h7-16,20-21,24-27H,17-19H2,1-6H3/t21-,24+,25+,26+,27+/m1/s1. The van der Waals surface area contributed by atoms with E-state index in [1.54, 1.807) is 0 Å². The van der Waals surface area contributed by atoms with E-state index in [4.69, 9.17) is 4.74 Å². The fraction of sp³-hybridized carbons (Fsp3) is 0.552. The second kappa shape index (κ2) is 8.82. The molecule has 2 fully saturated rings. The monoisotopic (exact) mass is 448 g/mol. The van der Waals surface area contributed by atoms with Gasteiger partial charge in [0.1, 0.15) is 6.10 Å². The number of rotatable bonds is 6. The van der Waals surface area contributed by atoms with Gasteiger partial charge in [0.15, 0.2) is 0 Å². The van der Waals surface area contributed by atoms with Gasteiger partial charge in [-0.2, -0.15) is 0 Å². The maximum atomic E-state index is 14.0. The van der Waals surface area contributed by atoms with Gasteiger partial charge in [-0.3, -0.25) is 4.79 Å². The third-order valence-corrected chi connectivity index (χ3v) is 10.8. The van der Waals surface area contributed by atoms with E-state index in [0.717, 1.165) is 6.42 Å². The first-order chi connectivity index (χ1) is 15.2. The van der Waals surface area contributed by atoms with Crippen LogP contribution in [0.15, 0.2) is 60.7 Å². The fourth-order valence-electron chi connectivity index (χ4n) is 6.68. The molecule has 0 bridgehead atoms. The predicted molar refractivity (Wildman–Crippen MR) is 135 cm³/mol. The van der Waals surface area contributed by atoms with Crippen molar-refractivity contribution in [1.82, 2.24) is 0 Å². The minimum Gasteiger partial charge on any atom is -0.462 e. The number of hydrogen-bond donors (Lipinski definition) is 0. The number of benzene rings is 2. The highest BCUT2D eigenvalue weighted by molar-refractivity contribution is 6.79. The Morgan fingerprint density at radius 1 is 0.938 bits per heavy atom. The van der Waals surface area contributed by atoms with Crippen molar-refractivity contribution in [1.29, 1.82) is 0 Å². The zero-order valence-corrected chi connectivity index (χ0v) is 21.7. The minimum absolute atomic E-state index is 0.0369. The molecule has 0 saturated heterocycles. The van der Waals surface area contributed by atoms with Crippen LogP contribution in [-0.4, -0.2) is 20.1 Å². The van der Waals surface area contributed by atoms with Gasteiger partial charge in [0.2, 0.25) is 0 Å². The van der Waals surface area contributed by atoms with Gasteiger partial charge < -0.3 is 4.74 Å². The zero-order valence-electron chi connectivity index (χ0n) is 20.7. The molecule has 2 aromatic rings. The molecule has 0 heterocycles. The molecular weight excluding hydrogens is 408 g/mol. The van der Waals surface area contributed by atoms with Crippen molar-refractivity contribution >= 4 is 14.0 Å². The summed E-state index contributed by atoms with van der Waals surface area (Å²) in [5.41, 5.74) is 2.60. The summed E-state index contributed by atoms with van der Waals surface area (Å²) in [6.07, 6.45) is 3.47. The van der Waals surface area contributed by atoms with Crippen molar-refractivity contribution in [2.45, 2.75) is 76.7 Å². The number of hydrogen-bond acceptors (Lipinski definition) is 2. The largest absolute Gasteiger partial charge is 0.462 e. The molecule has 2 saturated carbocycles. The zero-order chi connectivity index (χ0) is 23.1. The Kier molecular flexibility index (Phi) is 6.42. The lowest BCUT2D eigenvalue weighted by atomic mass is 9.75. The van der Waals surface area contributed by atoms with Crippen molar-refractivity contribution in [3.8, 4) is 0 Å². The molecule has 0 amide bonds. The number of carbonyl (C=O) groups is 1. The van der Waals surface area contributed by atoms with Crippen molar-refractivity contribution in [3.63, 3.8) is 0 Å². The van der Waals surface area contributed by atoms with E-state index in [9.17, 15) is 4.79 Å². The molecular formula is C29H40O2Si. The van der Waals surface area contributed by atoms with Crippen LogP contribution in [0.5, 0.6) is 0 Å². The molecule has 5 atom stereocenters. The molecule has 0 spiro atoms. The maximum absolute atomic E-state index is 14.0. The van der Waals surface area contributed by atoms with Crippen molar-refractivity contribution in [2.75, 3.05) is 0 Å². The van der Waals surface area contributed by atoms with E-state index in [0.29, 0.717) is 23.3 Å². The number of carbonyl (C=O) groups excluding carboxylic acids is 1. The fourth-order valence-corrected chi connectivity index (χ4v) is 9.86. The lowest BCUT2D eigenvalue weighted by Gasteiger charge is -2.37. The summed E-state index contributed by atoms with van der Waals surface area (Å²) >= 11 is 0. The summed E-state index contributed by atoms with van der Waals surface area (Å²) in [6.45, 7) is 14.1. The summed E-state index contributed by atoms with van der Waals surface area (Å²) < 4.78 is 6.47. The summed E-state index contributed by atoms with van der Waals surface area (Å²) in [6, 6.07) is 21.4. The van der Waals surface area contributed by atoms with Crippen LogP contribution in [0.2, 0.25) is 25.2 Å². The second-order valence-electron chi connectivity index (χ2n) is 11.7. The highest BCUT2D eigenvalue weighted by Gasteiger charge is 2.73. The quantitative estimate of drug-likeness (QED) is 0.342. The average molecular weight is 449 g/mol. The van der Waals surface area contributed by atoms with Gasteiger partial charge in [0, 0.05) is 13.5 Å². The highest BCUT2D eigenvalue weighted by Crippen LogP contribution is 2.72. The maximum Gasteiger partial charge on any atom is 0.310 e. The molecule has 32 heavy (non-hydrogen) atoms. The molecule has 2 aliphatic rings. The lowest BCUT2D eigenvalue weighted by Crippen LogP contribution is -2.37. The van der Waals surface area contributed by atoms with Crippen LogP contribution >= 0.6 is 0 Å². The van der Waals surface area contributed by atoms with Crippen LogP contribution in [0.3, 0.4) is 0 Å². The Balaban J connectivity index is 1.73. The summed E-state index contributed by atoms with van der Waals surface area (Å²) in [5.74, 6) is 1.59. The van der Waals surface area contributed by atoms with E-state index in [1.165, 1.54) is 24.0 Å². The van der Waals surface area contributed by atoms with Crippen LogP contribution in [0.25, 0.3) is 0 Å². The highest BCUT2D eigenvalue weighted by atomic mass is 28.3. The first-order valence-corrected chi connectivity index (χ1v) is 16.1. The summed E-state index contributed by atoms with van der Waals surface area (Å²) in [7, 11) is -1.67. The second-order valence-corrected chi connectivity index (χ2v) is 17.1. The van der Waals surface area contributed by atoms with Crippen LogP contribution in [-0.2, 0) is 14.9 Å². The summed E-state index contributed by atoms with van der Waals surface area (Å²) in [5, 5.41) is 0. The third-order valence-electron chi connectivity index (χ3n) is 8.12. The van der Waals surface area contributed by atoms with Gasteiger partial charge in [-0.25, -0.2) is 0 Å². The normalized spacial score (nSPS) is 29.5. The molecule has 0 aromatic heterocycles. The first-order valence-electron chi connectivity index (χ1n) is 12.5. The average Bonchev–Trinajstić information content (AvgIpc) is 3.47. The molecule has 0 aliphatic heterocycles. The van der Waals surface area contributed by atoms with E-state index in [1.807, 2.05) is 0 Å². The van der Waals surface area contributed by atoms with E-state index >= 15 is 0 Å². The Morgan fingerprint density at radius 3 is 1.94 bits per heavy atom. The predicted octanol–water partition coefficient (Wildman–Crippen LogP) is 7.31. The minimum atomic E-state index is -1.67. The van der Waals surface area contributed by atoms with Gasteiger partial charge >= 0.3 is 5.97 Å². The Morgan fingerprint density at radius 2 is 1.47 bits per heavy atom. The first kappa shape index (κ1) is 23.3. The molecule has 4 rings (SSSR count). The molecule has 2 aromatic carbocycles. The van der Waals surface area contributed by atoms with Crippen molar-refractivity contribution in [3.05, 3.63) is 71.8 Å². The topological polar surface area (TPSA) is 26.3 Å². The smallest absolute Gasteiger partial charge is 0.310 e. The number of esters is 1. The van der Waals surface area contributed by atoms with Crippen molar-refractivity contribution in [2.24, 2.45) is 23.7 Å². The number of ether oxygens (including phenoxy) is 1. The molecule has 2 aliphatic carbocycles. The van der Waals surface area contributed by atoms with E-state index in [-0.39, 0.29) is 23.4 Å². The third kappa shape index (κ3) is 4.09. The van der Waals surface area contributed by atoms with Crippen LogP contribution < -0.4 is 0 Å². The Labute approximate surface area is 195 Å². The Bertz CT molecular complexity index is 876. The molecule has 0 radical (unpaired) electrons. The molecule has 3 heteroatoms. The molecule has 0 unspecified atom stereocenters. The van der Waals surface area contributed by atoms with Gasteiger partial charge in [0.25, 0.3) is 0 Å². The van der Waals surface area contributed by atoms with Gasteiger partial charge in [-0.05, 0) is 47.3 Å².